The molecule has 32 heavy (non-hydrogen) atoms. The summed E-state index contributed by atoms with van der Waals surface area (Å²) in [5.74, 6) is 1.25. The highest BCUT2D eigenvalue weighted by Gasteiger charge is 2.13. The maximum atomic E-state index is 12.1. The molecule has 1 fully saturated rings. The van der Waals surface area contributed by atoms with Gasteiger partial charge < -0.3 is 20.3 Å². The van der Waals surface area contributed by atoms with E-state index in [4.69, 9.17) is 4.74 Å². The van der Waals surface area contributed by atoms with Gasteiger partial charge >= 0.3 is 0 Å². The third kappa shape index (κ3) is 5.87. The van der Waals surface area contributed by atoms with Crippen molar-refractivity contribution in [1.82, 2.24) is 9.97 Å². The van der Waals surface area contributed by atoms with E-state index in [0.717, 1.165) is 32.0 Å². The molecule has 2 aromatic carbocycles. The van der Waals surface area contributed by atoms with Gasteiger partial charge in [-0.2, -0.15) is 0 Å². The molecule has 10 heteroatoms. The summed E-state index contributed by atoms with van der Waals surface area (Å²) in [6.07, 6.45) is 1.46. The molecule has 1 saturated heterocycles. The highest BCUT2D eigenvalue weighted by molar-refractivity contribution is 7.91. The van der Waals surface area contributed by atoms with Gasteiger partial charge in [0.15, 0.2) is 9.84 Å². The van der Waals surface area contributed by atoms with Crippen molar-refractivity contribution in [1.29, 1.82) is 0 Å². The first-order valence-electron chi connectivity index (χ1n) is 10.2. The van der Waals surface area contributed by atoms with Gasteiger partial charge in [-0.1, -0.05) is 13.0 Å². The number of anilines is 5. The Morgan fingerprint density at radius 3 is 2.25 bits per heavy atom. The lowest BCUT2D eigenvalue weighted by Gasteiger charge is -2.28. The van der Waals surface area contributed by atoms with Crippen LogP contribution in [0.2, 0.25) is 0 Å². The molecular weight excluding hydrogens is 450 g/mol. The van der Waals surface area contributed by atoms with Gasteiger partial charge in [-0.3, -0.25) is 0 Å². The molecule has 0 bridgehead atoms. The number of nitrogens with one attached hydrogen (secondary N) is 2. The van der Waals surface area contributed by atoms with Gasteiger partial charge in [0.2, 0.25) is 0 Å². The van der Waals surface area contributed by atoms with E-state index in [0.29, 0.717) is 17.3 Å². The molecule has 0 atom stereocenters. The van der Waals surface area contributed by atoms with Crippen LogP contribution < -0.4 is 15.5 Å². The number of aromatic nitrogens is 2. The molecule has 0 aliphatic carbocycles. The summed E-state index contributed by atoms with van der Waals surface area (Å²) in [5.41, 5.74) is 2.73. The van der Waals surface area contributed by atoms with Crippen LogP contribution in [0, 0.1) is 0 Å². The zero-order valence-corrected chi connectivity index (χ0v) is 19.3. The number of ether oxygens (including phenoxy) is 1. The van der Waals surface area contributed by atoms with Gasteiger partial charge in [0.25, 0.3) is 0 Å². The molecule has 0 spiro atoms. The average molecular weight is 476 g/mol. The quantitative estimate of drug-likeness (QED) is 0.529. The molecule has 0 radical (unpaired) electrons. The minimum Gasteiger partial charge on any atom is -0.378 e. The van der Waals surface area contributed by atoms with E-state index in [1.807, 2.05) is 12.1 Å². The number of hydrogen-bond acceptors (Lipinski definition) is 8. The zero-order valence-electron chi connectivity index (χ0n) is 17.7. The number of halogens is 1. The van der Waals surface area contributed by atoms with E-state index in [1.54, 1.807) is 37.3 Å². The topological polar surface area (TPSA) is 96.5 Å². The van der Waals surface area contributed by atoms with Crippen molar-refractivity contribution in [3.05, 3.63) is 60.9 Å². The Balaban J connectivity index is 0.00000289. The van der Waals surface area contributed by atoms with Gasteiger partial charge in [-0.05, 0) is 42.5 Å². The Kier molecular flexibility index (Phi) is 7.89. The van der Waals surface area contributed by atoms with Crippen molar-refractivity contribution in [2.24, 2.45) is 0 Å². The first-order chi connectivity index (χ1) is 15.0. The lowest BCUT2D eigenvalue weighted by Crippen LogP contribution is -2.36. The molecule has 170 valence electrons. The molecule has 8 nitrogen and oxygen atoms in total. The number of benzene rings is 2. The normalized spacial score (nSPS) is 13.8. The Bertz CT molecular complexity index is 1140. The van der Waals surface area contributed by atoms with Gasteiger partial charge in [-0.15, -0.1) is 12.4 Å². The van der Waals surface area contributed by atoms with E-state index in [9.17, 15) is 8.42 Å². The van der Waals surface area contributed by atoms with Crippen LogP contribution in [0.4, 0.5) is 28.7 Å². The minimum absolute atomic E-state index is 0. The molecule has 2 heterocycles. The summed E-state index contributed by atoms with van der Waals surface area (Å²) >= 11 is 0. The molecule has 2 N–H and O–H groups in total. The van der Waals surface area contributed by atoms with E-state index < -0.39 is 9.84 Å². The molecule has 3 aromatic rings. The first kappa shape index (κ1) is 23.8. The van der Waals surface area contributed by atoms with E-state index in [2.05, 4.69) is 37.6 Å². The zero-order chi connectivity index (χ0) is 21.7. The van der Waals surface area contributed by atoms with E-state index in [-0.39, 0.29) is 23.1 Å². The Labute approximate surface area is 194 Å². The van der Waals surface area contributed by atoms with Crippen LogP contribution in [-0.2, 0) is 14.6 Å². The van der Waals surface area contributed by atoms with Crippen LogP contribution in [0.25, 0.3) is 0 Å². The second-order valence-corrected chi connectivity index (χ2v) is 9.39. The summed E-state index contributed by atoms with van der Waals surface area (Å²) in [6.45, 7) is 4.93. The smallest absolute Gasteiger partial charge is 0.178 e. The average Bonchev–Trinajstić information content (AvgIpc) is 2.81. The monoisotopic (exact) mass is 475 g/mol. The highest BCUT2D eigenvalue weighted by atomic mass is 35.5. The van der Waals surface area contributed by atoms with Gasteiger partial charge in [-0.25, -0.2) is 18.4 Å². The molecule has 0 amide bonds. The molecule has 1 aliphatic heterocycles. The summed E-state index contributed by atoms with van der Waals surface area (Å²) in [6, 6.07) is 16.7. The van der Waals surface area contributed by atoms with Crippen molar-refractivity contribution in [2.75, 3.05) is 47.6 Å². The third-order valence-electron chi connectivity index (χ3n) is 5.03. The molecular formula is C22H26ClN5O3S. The van der Waals surface area contributed by atoms with Crippen molar-refractivity contribution < 1.29 is 13.2 Å². The van der Waals surface area contributed by atoms with Crippen molar-refractivity contribution >= 4 is 50.9 Å². The molecule has 1 aromatic heterocycles. The second kappa shape index (κ2) is 10.6. The highest BCUT2D eigenvalue weighted by Crippen LogP contribution is 2.24. The Morgan fingerprint density at radius 1 is 0.938 bits per heavy atom. The Hall–Kier alpha value is -2.88. The van der Waals surface area contributed by atoms with Crippen molar-refractivity contribution in [2.45, 2.75) is 11.8 Å². The third-order valence-corrected chi connectivity index (χ3v) is 6.76. The standard InChI is InChI=1S/C22H25N5O3S.ClH/c1-2-31(28,29)20-5-3-4-18(14-20)26-22-15-21(23-16-24-22)25-17-6-8-19(9-7-17)27-10-12-30-13-11-27;/h3-9,14-16H,2,10-13H2,1H3,(H2,23,24,25,26);1H. The largest absolute Gasteiger partial charge is 0.378 e. The van der Waals surface area contributed by atoms with E-state index in [1.165, 1.54) is 12.0 Å². The van der Waals surface area contributed by atoms with Crippen LogP contribution in [0.15, 0.2) is 65.8 Å². The fourth-order valence-corrected chi connectivity index (χ4v) is 4.23. The predicted octanol–water partition coefficient (Wildman–Crippen LogP) is 4.02. The number of sulfone groups is 1. The van der Waals surface area contributed by atoms with Crippen molar-refractivity contribution in [3.63, 3.8) is 0 Å². The van der Waals surface area contributed by atoms with E-state index >= 15 is 0 Å². The lowest BCUT2D eigenvalue weighted by atomic mass is 10.2. The minimum atomic E-state index is -3.27. The van der Waals surface area contributed by atoms with Crippen LogP contribution in [0.3, 0.4) is 0 Å². The van der Waals surface area contributed by atoms with Crippen molar-refractivity contribution in [3.8, 4) is 0 Å². The molecule has 4 rings (SSSR count). The fourth-order valence-electron chi connectivity index (χ4n) is 3.30. The van der Waals surface area contributed by atoms with Gasteiger partial charge in [0, 0.05) is 36.2 Å². The molecule has 0 saturated carbocycles. The number of morpholine rings is 1. The van der Waals surface area contributed by atoms with Crippen LogP contribution >= 0.6 is 12.4 Å². The molecule has 1 aliphatic rings. The maximum absolute atomic E-state index is 12.1. The van der Waals surface area contributed by atoms with Gasteiger partial charge in [0.1, 0.15) is 18.0 Å². The summed E-state index contributed by atoms with van der Waals surface area (Å²) in [4.78, 5) is 11.1. The van der Waals surface area contributed by atoms with Crippen LogP contribution in [-0.4, -0.2) is 50.4 Å². The van der Waals surface area contributed by atoms with Crippen LogP contribution in [0.5, 0.6) is 0 Å². The summed E-state index contributed by atoms with van der Waals surface area (Å²) in [5, 5.41) is 6.42. The van der Waals surface area contributed by atoms with Crippen LogP contribution in [0.1, 0.15) is 6.92 Å². The van der Waals surface area contributed by atoms with Gasteiger partial charge in [0.05, 0.1) is 23.9 Å². The SMILES string of the molecule is CCS(=O)(=O)c1cccc(Nc2cc(Nc3ccc(N4CCOCC4)cc3)ncn2)c1.Cl. The number of hydrogen-bond donors (Lipinski definition) is 2. The summed E-state index contributed by atoms with van der Waals surface area (Å²) < 4.78 is 29.6. The predicted molar refractivity (Wildman–Crippen MR) is 129 cm³/mol. The second-order valence-electron chi connectivity index (χ2n) is 7.12. The number of rotatable bonds is 7. The number of nitrogens with zero attached hydrogens (tertiary/aromatic N) is 3. The maximum Gasteiger partial charge on any atom is 0.178 e. The fraction of sp³-hybridized carbons (Fsp3) is 0.273. The molecule has 0 unspecified atom stereocenters. The lowest BCUT2D eigenvalue weighted by molar-refractivity contribution is 0.122. The Morgan fingerprint density at radius 2 is 1.59 bits per heavy atom. The summed E-state index contributed by atoms with van der Waals surface area (Å²) in [7, 11) is -3.27. The first-order valence-corrected chi connectivity index (χ1v) is 11.8.